The van der Waals surface area contributed by atoms with Crippen LogP contribution in [0.3, 0.4) is 0 Å². The Hall–Kier alpha value is -1.33. The van der Waals surface area contributed by atoms with Crippen molar-refractivity contribution in [3.05, 3.63) is 33.5 Å². The number of hydrogen-bond donors (Lipinski definition) is 0. The van der Waals surface area contributed by atoms with Gasteiger partial charge in [-0.15, -0.1) is 0 Å². The Morgan fingerprint density at radius 1 is 1.20 bits per heavy atom. The molecule has 1 aromatic carbocycles. The van der Waals surface area contributed by atoms with Crippen LogP contribution in [0.5, 0.6) is 11.5 Å². The van der Waals surface area contributed by atoms with E-state index in [-0.39, 0.29) is 12.7 Å². The van der Waals surface area contributed by atoms with Crippen molar-refractivity contribution in [1.29, 1.82) is 0 Å². The molecule has 3 rings (SSSR count). The minimum absolute atomic E-state index is 0.227. The summed E-state index contributed by atoms with van der Waals surface area (Å²) in [7, 11) is 0. The molecule has 2 aromatic rings. The van der Waals surface area contributed by atoms with Crippen LogP contribution in [-0.2, 0) is 0 Å². The van der Waals surface area contributed by atoms with Crippen molar-refractivity contribution < 1.29 is 9.47 Å². The number of rotatable bonds is 2. The highest BCUT2D eigenvalue weighted by molar-refractivity contribution is 9.10. The van der Waals surface area contributed by atoms with Gasteiger partial charge in [0.15, 0.2) is 17.3 Å². The van der Waals surface area contributed by atoms with Crippen LogP contribution in [0.4, 0.5) is 0 Å². The van der Waals surface area contributed by atoms with Crippen LogP contribution < -0.4 is 9.47 Å². The van der Waals surface area contributed by atoms with Crippen LogP contribution in [0.2, 0.25) is 5.15 Å². The van der Waals surface area contributed by atoms with Gasteiger partial charge in [0, 0.05) is 11.3 Å². The summed E-state index contributed by atoms with van der Waals surface area (Å²) in [5.41, 5.74) is 1.75. The summed E-state index contributed by atoms with van der Waals surface area (Å²) < 4.78 is 11.6. The SMILES string of the molecule is CC(C)c1cc(Cl)nc(-c2cc(Br)c3c(c2)OCO3)n1. The van der Waals surface area contributed by atoms with E-state index in [1.165, 1.54) is 0 Å². The molecule has 6 heteroatoms. The molecule has 0 saturated carbocycles. The number of fused-ring (bicyclic) bond motifs is 1. The van der Waals surface area contributed by atoms with Crippen LogP contribution in [-0.4, -0.2) is 16.8 Å². The third kappa shape index (κ3) is 2.47. The lowest BCUT2D eigenvalue weighted by Gasteiger charge is -2.09. The van der Waals surface area contributed by atoms with Crippen LogP contribution in [0.15, 0.2) is 22.7 Å². The average molecular weight is 356 g/mol. The second kappa shape index (κ2) is 5.22. The van der Waals surface area contributed by atoms with E-state index in [1.54, 1.807) is 6.07 Å². The monoisotopic (exact) mass is 354 g/mol. The number of aromatic nitrogens is 2. The van der Waals surface area contributed by atoms with Gasteiger partial charge < -0.3 is 9.47 Å². The Labute approximate surface area is 130 Å². The first kappa shape index (κ1) is 13.6. The maximum Gasteiger partial charge on any atom is 0.231 e. The molecule has 0 unspecified atom stereocenters. The molecule has 1 aromatic heterocycles. The molecule has 0 radical (unpaired) electrons. The molecule has 104 valence electrons. The fourth-order valence-electron chi connectivity index (χ4n) is 1.96. The van der Waals surface area contributed by atoms with E-state index in [1.807, 2.05) is 12.1 Å². The predicted molar refractivity (Wildman–Crippen MR) is 80.4 cm³/mol. The molecular formula is C14H12BrClN2O2. The van der Waals surface area contributed by atoms with Crippen molar-refractivity contribution in [2.45, 2.75) is 19.8 Å². The smallest absolute Gasteiger partial charge is 0.231 e. The minimum atomic E-state index is 0.227. The van der Waals surface area contributed by atoms with Gasteiger partial charge in [0.1, 0.15) is 5.15 Å². The van der Waals surface area contributed by atoms with Crippen LogP contribution in [0.25, 0.3) is 11.4 Å². The van der Waals surface area contributed by atoms with Crippen LogP contribution in [0, 0.1) is 0 Å². The third-order valence-electron chi connectivity index (χ3n) is 2.99. The fraction of sp³-hybridized carbons (Fsp3) is 0.286. The molecule has 0 N–H and O–H groups in total. The van der Waals surface area contributed by atoms with Crippen molar-refractivity contribution in [2.75, 3.05) is 6.79 Å². The molecule has 1 aliphatic heterocycles. The predicted octanol–water partition coefficient (Wildman–Crippen LogP) is 4.41. The quantitative estimate of drug-likeness (QED) is 0.748. The van der Waals surface area contributed by atoms with Crippen molar-refractivity contribution in [3.8, 4) is 22.9 Å². The first-order valence-electron chi connectivity index (χ1n) is 6.18. The summed E-state index contributed by atoms with van der Waals surface area (Å²) in [5.74, 6) is 2.26. The number of benzene rings is 1. The van der Waals surface area contributed by atoms with Gasteiger partial charge in [0.05, 0.1) is 4.47 Å². The highest BCUT2D eigenvalue weighted by Crippen LogP contribution is 2.42. The Morgan fingerprint density at radius 2 is 2.00 bits per heavy atom. The molecule has 0 amide bonds. The number of hydrogen-bond acceptors (Lipinski definition) is 4. The van der Waals surface area contributed by atoms with Crippen molar-refractivity contribution in [3.63, 3.8) is 0 Å². The van der Waals surface area contributed by atoms with E-state index < -0.39 is 0 Å². The van der Waals surface area contributed by atoms with E-state index in [9.17, 15) is 0 Å². The Morgan fingerprint density at radius 3 is 2.75 bits per heavy atom. The first-order chi connectivity index (χ1) is 9.54. The zero-order valence-electron chi connectivity index (χ0n) is 11.0. The molecule has 4 nitrogen and oxygen atoms in total. The molecule has 0 bridgehead atoms. The molecule has 0 atom stereocenters. The first-order valence-corrected chi connectivity index (χ1v) is 7.35. The number of nitrogens with zero attached hydrogens (tertiary/aromatic N) is 2. The zero-order chi connectivity index (χ0) is 14.3. The lowest BCUT2D eigenvalue weighted by Crippen LogP contribution is -1.98. The van der Waals surface area contributed by atoms with Gasteiger partial charge in [0.25, 0.3) is 0 Å². The molecule has 0 spiro atoms. The minimum Gasteiger partial charge on any atom is -0.454 e. The molecule has 0 aliphatic carbocycles. The van der Waals surface area contributed by atoms with Gasteiger partial charge in [-0.1, -0.05) is 25.4 Å². The van der Waals surface area contributed by atoms with Gasteiger partial charge in [-0.25, -0.2) is 9.97 Å². The van der Waals surface area contributed by atoms with Gasteiger partial charge in [0.2, 0.25) is 6.79 Å². The standard InChI is InChI=1S/C14H12BrClN2O2/c1-7(2)10-5-12(16)18-14(17-10)8-3-9(15)13-11(4-8)19-6-20-13/h3-5,7H,6H2,1-2H3. The Kier molecular flexibility index (Phi) is 3.56. The van der Waals surface area contributed by atoms with Crippen molar-refractivity contribution in [1.82, 2.24) is 9.97 Å². The molecule has 1 aliphatic rings. The fourth-order valence-corrected chi connectivity index (χ4v) is 2.70. The summed E-state index contributed by atoms with van der Waals surface area (Å²) in [6.45, 7) is 4.36. The van der Waals surface area contributed by atoms with E-state index in [2.05, 4.69) is 39.7 Å². The lowest BCUT2D eigenvalue weighted by atomic mass is 10.1. The summed E-state index contributed by atoms with van der Waals surface area (Å²) >= 11 is 9.55. The topological polar surface area (TPSA) is 44.2 Å². The molecule has 0 fully saturated rings. The highest BCUT2D eigenvalue weighted by atomic mass is 79.9. The van der Waals surface area contributed by atoms with Crippen molar-refractivity contribution >= 4 is 27.5 Å². The second-order valence-electron chi connectivity index (χ2n) is 4.79. The lowest BCUT2D eigenvalue weighted by molar-refractivity contribution is 0.173. The Bertz CT molecular complexity index is 676. The molecule has 20 heavy (non-hydrogen) atoms. The highest BCUT2D eigenvalue weighted by Gasteiger charge is 2.20. The number of ether oxygens (including phenoxy) is 2. The molecule has 0 saturated heterocycles. The van der Waals surface area contributed by atoms with Crippen molar-refractivity contribution in [2.24, 2.45) is 0 Å². The molecular weight excluding hydrogens is 344 g/mol. The summed E-state index contributed by atoms with van der Waals surface area (Å²) in [5, 5.41) is 0.437. The van der Waals surface area contributed by atoms with E-state index >= 15 is 0 Å². The second-order valence-corrected chi connectivity index (χ2v) is 6.03. The normalized spacial score (nSPS) is 13.1. The number of halogens is 2. The summed E-state index contributed by atoms with van der Waals surface area (Å²) in [4.78, 5) is 8.85. The summed E-state index contributed by atoms with van der Waals surface area (Å²) in [6, 6.07) is 5.56. The van der Waals surface area contributed by atoms with Gasteiger partial charge in [-0.2, -0.15) is 0 Å². The van der Waals surface area contributed by atoms with E-state index in [0.717, 1.165) is 15.7 Å². The largest absolute Gasteiger partial charge is 0.454 e. The third-order valence-corrected chi connectivity index (χ3v) is 3.77. The maximum atomic E-state index is 6.08. The van der Waals surface area contributed by atoms with Crippen LogP contribution >= 0.6 is 27.5 Å². The Balaban J connectivity index is 2.12. The van der Waals surface area contributed by atoms with Gasteiger partial charge >= 0.3 is 0 Å². The maximum absolute atomic E-state index is 6.08. The van der Waals surface area contributed by atoms with Gasteiger partial charge in [-0.3, -0.25) is 0 Å². The van der Waals surface area contributed by atoms with E-state index in [4.69, 9.17) is 21.1 Å². The van der Waals surface area contributed by atoms with Gasteiger partial charge in [-0.05, 0) is 40.0 Å². The summed E-state index contributed by atoms with van der Waals surface area (Å²) in [6.07, 6.45) is 0. The zero-order valence-corrected chi connectivity index (χ0v) is 13.3. The average Bonchev–Trinajstić information content (AvgIpc) is 2.86. The van der Waals surface area contributed by atoms with E-state index in [0.29, 0.717) is 22.5 Å². The molecule has 2 heterocycles. The van der Waals surface area contributed by atoms with Crippen LogP contribution in [0.1, 0.15) is 25.5 Å².